The minimum absolute atomic E-state index is 0.0504. The lowest BCUT2D eigenvalue weighted by atomic mass is 9.92. The minimum Gasteiger partial charge on any atom is -0.398 e. The number of amides is 1. The maximum absolute atomic E-state index is 12.5. The summed E-state index contributed by atoms with van der Waals surface area (Å²) >= 11 is 10.1. The van der Waals surface area contributed by atoms with E-state index in [4.69, 9.17) is 29.1 Å². The third-order valence-corrected chi connectivity index (χ3v) is 9.53. The van der Waals surface area contributed by atoms with Crippen LogP contribution in [0.2, 0.25) is 0 Å². The Morgan fingerprint density at radius 3 is 1.12 bits per heavy atom. The predicted molar refractivity (Wildman–Crippen MR) is 258 cm³/mol. The normalized spacial score (nSPS) is 10.2. The average molecular weight is 838 g/mol. The predicted octanol–water partition coefficient (Wildman–Crippen LogP) is 14.7. The molecular formula is C50H78Cl2N4O2. The second kappa shape index (κ2) is 34.2. The fraction of sp³-hybridized carbons (Fsp3) is 0.480. The number of nitrogens with two attached hydrogens (primary N) is 1. The van der Waals surface area contributed by atoms with Crippen molar-refractivity contribution in [2.24, 2.45) is 0 Å². The molecule has 0 fully saturated rings. The highest BCUT2D eigenvalue weighted by atomic mass is 35.5. The first-order valence-electron chi connectivity index (χ1n) is 21.2. The van der Waals surface area contributed by atoms with Crippen LogP contribution in [0.5, 0.6) is 0 Å². The molecule has 0 bridgehead atoms. The van der Waals surface area contributed by atoms with E-state index >= 15 is 0 Å². The summed E-state index contributed by atoms with van der Waals surface area (Å²) in [7, 11) is 0. The van der Waals surface area contributed by atoms with Crippen LogP contribution >= 0.6 is 23.4 Å². The second-order valence-electron chi connectivity index (χ2n) is 14.8. The largest absolute Gasteiger partial charge is 0.398 e. The molecular weight excluding hydrogens is 759 g/mol. The van der Waals surface area contributed by atoms with Gasteiger partial charge in [-0.3, -0.25) is 9.59 Å². The highest BCUT2D eigenvalue weighted by molar-refractivity contribution is 6.67. The lowest BCUT2D eigenvalue weighted by Gasteiger charge is -2.20. The van der Waals surface area contributed by atoms with Gasteiger partial charge in [0.25, 0.3) is 11.1 Å². The smallest absolute Gasteiger partial charge is 0.255 e. The Labute approximate surface area is 364 Å². The summed E-state index contributed by atoms with van der Waals surface area (Å²) in [5.41, 5.74) is 14.2. The van der Waals surface area contributed by atoms with Crippen LogP contribution in [0.3, 0.4) is 0 Å². The van der Waals surface area contributed by atoms with Gasteiger partial charge in [-0.25, -0.2) is 4.84 Å². The molecule has 4 aromatic carbocycles. The minimum atomic E-state index is -0.407. The molecule has 324 valence electrons. The molecule has 0 aliphatic carbocycles. The Bertz CT molecular complexity index is 1560. The Morgan fingerprint density at radius 2 is 0.879 bits per heavy atom. The van der Waals surface area contributed by atoms with E-state index in [0.717, 1.165) is 17.9 Å². The van der Waals surface area contributed by atoms with Crippen LogP contribution in [0.25, 0.3) is 0 Å². The summed E-state index contributed by atoms with van der Waals surface area (Å²) in [6.07, 6.45) is 2.64. The van der Waals surface area contributed by atoms with Crippen LogP contribution in [0.4, 0.5) is 11.4 Å². The number of benzene rings is 4. The van der Waals surface area contributed by atoms with Gasteiger partial charge in [0, 0.05) is 29.0 Å². The number of unbranched alkanes of at least 4 members (excludes halogenated alkanes) is 1. The molecule has 58 heavy (non-hydrogen) atoms. The molecule has 4 N–H and O–H groups in total. The van der Waals surface area contributed by atoms with E-state index in [0.29, 0.717) is 34.8 Å². The summed E-state index contributed by atoms with van der Waals surface area (Å²) in [5.74, 6) is 1.72. The fourth-order valence-corrected chi connectivity index (χ4v) is 5.45. The standard InChI is InChI=1S/C19H23NO.C12H19N.C7H5ClO.C6H15N.C4H10.C2H6ClN/c1-13(2)16-11-8-12-17(14(3)4)18(16)20-19(21)15-9-6-5-7-10-15;1-8(2)10-6-5-7-11(9(3)4)12(10)13;8-7(9)6-4-2-1-3-5-6;1-4-7(5-2)6-3;1-3-4-2;1-2-4-3/h5-14H,1-4H3,(H,20,21);5-9H,13H2,1-4H3;1-5H;4-6H2,1-3H3;3-4H2,1-2H3;4H,2H2,1H3. The molecule has 0 spiro atoms. The number of nitrogen functional groups attached to an aromatic ring is 1. The quantitative estimate of drug-likeness (QED) is 0.0751. The number of hydrogen-bond acceptors (Lipinski definition) is 5. The van der Waals surface area contributed by atoms with Crippen molar-refractivity contribution in [3.63, 3.8) is 0 Å². The van der Waals surface area contributed by atoms with Crippen LogP contribution in [-0.2, 0) is 0 Å². The summed E-state index contributed by atoms with van der Waals surface area (Å²) in [6, 6.07) is 30.7. The van der Waals surface area contributed by atoms with E-state index in [1.165, 1.54) is 54.7 Å². The number of para-hydroxylation sites is 2. The second-order valence-corrected chi connectivity index (χ2v) is 15.5. The highest BCUT2D eigenvalue weighted by Crippen LogP contribution is 2.33. The summed E-state index contributed by atoms with van der Waals surface area (Å²) in [5, 5.41) is 2.71. The summed E-state index contributed by atoms with van der Waals surface area (Å²) < 4.78 is 0. The van der Waals surface area contributed by atoms with Crippen molar-refractivity contribution in [2.75, 3.05) is 37.2 Å². The van der Waals surface area contributed by atoms with Gasteiger partial charge >= 0.3 is 0 Å². The van der Waals surface area contributed by atoms with Gasteiger partial charge in [0.1, 0.15) is 0 Å². The van der Waals surface area contributed by atoms with Crippen LogP contribution in [0.1, 0.15) is 176 Å². The molecule has 4 aromatic rings. The molecule has 4 rings (SSSR count). The summed E-state index contributed by atoms with van der Waals surface area (Å²) in [4.78, 5) is 27.6. The van der Waals surface area contributed by atoms with E-state index in [2.05, 4.69) is 141 Å². The number of carbonyl (C=O) groups is 2. The van der Waals surface area contributed by atoms with Crippen molar-refractivity contribution >= 4 is 45.9 Å². The number of rotatable bonds is 12. The van der Waals surface area contributed by atoms with E-state index in [1.807, 2.05) is 43.3 Å². The Balaban J connectivity index is 0. The lowest BCUT2D eigenvalue weighted by Crippen LogP contribution is -2.21. The van der Waals surface area contributed by atoms with Crippen LogP contribution in [0.15, 0.2) is 97.1 Å². The van der Waals surface area contributed by atoms with Crippen molar-refractivity contribution in [1.82, 2.24) is 9.74 Å². The monoisotopic (exact) mass is 837 g/mol. The first kappa shape index (κ1) is 56.4. The number of hydrogen-bond donors (Lipinski definition) is 3. The maximum atomic E-state index is 12.5. The van der Waals surface area contributed by atoms with E-state index in [1.54, 1.807) is 24.3 Å². The molecule has 0 atom stereocenters. The van der Waals surface area contributed by atoms with Crippen LogP contribution in [-0.4, -0.2) is 42.2 Å². The van der Waals surface area contributed by atoms with E-state index in [9.17, 15) is 9.59 Å². The van der Waals surface area contributed by atoms with Gasteiger partial charge < -0.3 is 16.0 Å². The first-order valence-corrected chi connectivity index (χ1v) is 22.0. The molecule has 0 heterocycles. The molecule has 0 saturated carbocycles. The highest BCUT2D eigenvalue weighted by Gasteiger charge is 2.16. The Kier molecular flexibility index (Phi) is 33.3. The number of nitrogens with zero attached hydrogens (tertiary/aromatic N) is 1. The summed E-state index contributed by atoms with van der Waals surface area (Å²) in [6.45, 7) is 34.6. The van der Waals surface area contributed by atoms with Crippen molar-refractivity contribution in [3.8, 4) is 0 Å². The number of nitrogens with one attached hydrogen (secondary N) is 2. The van der Waals surface area contributed by atoms with Gasteiger partial charge in [0.05, 0.1) is 0 Å². The molecule has 8 heteroatoms. The van der Waals surface area contributed by atoms with Gasteiger partial charge in [0.2, 0.25) is 0 Å². The molecule has 0 aliphatic heterocycles. The SMILES string of the molecule is CC(C)c1cccc(C(C)C)c1N.CC(C)c1cccc(C(C)C)c1NC(=O)c1ccccc1.CCCC.CCN(CC)CC.CCNCl.O=C(Cl)c1ccccc1. The third kappa shape index (κ3) is 23.7. The molecule has 6 nitrogen and oxygen atoms in total. The topological polar surface area (TPSA) is 87.5 Å². The zero-order chi connectivity index (χ0) is 44.6. The van der Waals surface area contributed by atoms with Gasteiger partial charge in [-0.2, -0.15) is 0 Å². The number of anilines is 2. The van der Waals surface area contributed by atoms with Crippen LogP contribution in [0, 0.1) is 0 Å². The van der Waals surface area contributed by atoms with Gasteiger partial charge in [-0.1, -0.05) is 195 Å². The molecule has 1 amide bonds. The zero-order valence-electron chi connectivity index (χ0n) is 38.4. The zero-order valence-corrected chi connectivity index (χ0v) is 39.9. The van der Waals surface area contributed by atoms with Crippen molar-refractivity contribution in [3.05, 3.63) is 130 Å². The molecule has 0 radical (unpaired) electrons. The third-order valence-electron chi connectivity index (χ3n) is 9.04. The van der Waals surface area contributed by atoms with Gasteiger partial charge in [0.15, 0.2) is 0 Å². The molecule has 0 saturated heterocycles. The molecule has 0 aromatic heterocycles. The Morgan fingerprint density at radius 1 is 0.552 bits per heavy atom. The Hall–Kier alpha value is -3.68. The van der Waals surface area contributed by atoms with Crippen molar-refractivity contribution in [2.45, 2.75) is 133 Å². The van der Waals surface area contributed by atoms with Gasteiger partial charge in [-0.15, -0.1) is 0 Å². The van der Waals surface area contributed by atoms with E-state index in [-0.39, 0.29) is 5.91 Å². The molecule has 0 unspecified atom stereocenters. The average Bonchev–Trinajstić information content (AvgIpc) is 3.22. The van der Waals surface area contributed by atoms with E-state index < -0.39 is 5.24 Å². The number of carbonyl (C=O) groups excluding carboxylic acids is 2. The number of halogens is 2. The van der Waals surface area contributed by atoms with Crippen molar-refractivity contribution < 1.29 is 9.59 Å². The van der Waals surface area contributed by atoms with Crippen LogP contribution < -0.4 is 15.9 Å². The lowest BCUT2D eigenvalue weighted by molar-refractivity contribution is 0.102. The first-order chi connectivity index (χ1) is 27.5. The maximum Gasteiger partial charge on any atom is 0.255 e. The van der Waals surface area contributed by atoms with Gasteiger partial charge in [-0.05, 0) is 101 Å². The fourth-order valence-electron chi connectivity index (χ4n) is 5.32. The van der Waals surface area contributed by atoms with Crippen molar-refractivity contribution in [1.29, 1.82) is 0 Å². The molecule has 0 aliphatic rings.